The van der Waals surface area contributed by atoms with E-state index in [0.29, 0.717) is 11.8 Å². The molecule has 1 N–H and O–H groups in total. The highest BCUT2D eigenvalue weighted by molar-refractivity contribution is 9.10. The van der Waals surface area contributed by atoms with Crippen LogP contribution in [0.4, 0.5) is 46.5 Å². The number of carbonyl (C=O) groups is 1. The zero-order chi connectivity index (χ0) is 25.4. The van der Waals surface area contributed by atoms with Crippen LogP contribution in [0.5, 0.6) is 0 Å². The van der Waals surface area contributed by atoms with E-state index in [0.717, 1.165) is 18.2 Å². The van der Waals surface area contributed by atoms with Crippen molar-refractivity contribution in [1.82, 2.24) is 0 Å². The number of thioether (sulfide) groups is 1. The molecule has 5 nitrogen and oxygen atoms in total. The lowest BCUT2D eigenvalue weighted by Gasteiger charge is -2.31. The SMILES string of the molecule is CCSc1cc(C(F)(C(F)(F)F)C(F)(F)F)cc(Br)c1NC(=O)c1cccc([N+](=O)[O-])c1F. The summed E-state index contributed by atoms with van der Waals surface area (Å²) in [4.78, 5) is 21.8. The highest BCUT2D eigenvalue weighted by atomic mass is 79.9. The van der Waals surface area contributed by atoms with E-state index in [4.69, 9.17) is 0 Å². The predicted octanol–water partition coefficient (Wildman–Crippen LogP) is 7.15. The number of nitro groups is 1. The molecule has 15 heteroatoms. The molecule has 0 fully saturated rings. The minimum Gasteiger partial charge on any atom is -0.320 e. The Kier molecular flexibility index (Phi) is 7.68. The van der Waals surface area contributed by atoms with Gasteiger partial charge in [0.05, 0.1) is 16.2 Å². The topological polar surface area (TPSA) is 72.2 Å². The minimum absolute atomic E-state index is 0.0846. The van der Waals surface area contributed by atoms with Gasteiger partial charge in [-0.25, -0.2) is 4.39 Å². The number of hydrogen-bond donors (Lipinski definition) is 1. The maximum Gasteiger partial charge on any atom is 0.435 e. The zero-order valence-electron chi connectivity index (χ0n) is 16.1. The monoisotopic (exact) mass is 566 g/mol. The maximum atomic E-state index is 14.5. The van der Waals surface area contributed by atoms with Crippen LogP contribution < -0.4 is 5.32 Å². The van der Waals surface area contributed by atoms with Crippen molar-refractivity contribution in [2.24, 2.45) is 0 Å². The van der Waals surface area contributed by atoms with Crippen molar-refractivity contribution in [2.75, 3.05) is 11.1 Å². The third kappa shape index (κ3) is 5.08. The van der Waals surface area contributed by atoms with Gasteiger partial charge in [-0.05, 0) is 39.9 Å². The van der Waals surface area contributed by atoms with Crippen molar-refractivity contribution >= 4 is 45.0 Å². The molecule has 2 aromatic rings. The minimum atomic E-state index is -6.35. The normalized spacial score (nSPS) is 12.5. The molecule has 0 saturated heterocycles. The molecule has 2 aromatic carbocycles. The predicted molar refractivity (Wildman–Crippen MR) is 106 cm³/mol. The Labute approximate surface area is 192 Å². The second kappa shape index (κ2) is 9.44. The number of alkyl halides is 7. The van der Waals surface area contributed by atoms with E-state index < -0.39 is 60.9 Å². The Balaban J connectivity index is 2.62. The van der Waals surface area contributed by atoms with Gasteiger partial charge in [-0.2, -0.15) is 30.7 Å². The number of halogens is 9. The van der Waals surface area contributed by atoms with Crippen molar-refractivity contribution < 1.29 is 44.8 Å². The number of carbonyl (C=O) groups excluding carboxylic acids is 1. The third-order valence-electron chi connectivity index (χ3n) is 4.19. The van der Waals surface area contributed by atoms with Gasteiger partial charge in [0.1, 0.15) is 0 Å². The number of benzene rings is 2. The third-order valence-corrected chi connectivity index (χ3v) is 5.74. The van der Waals surface area contributed by atoms with Crippen LogP contribution in [0.2, 0.25) is 0 Å². The van der Waals surface area contributed by atoms with Crippen LogP contribution in [0.1, 0.15) is 22.8 Å². The summed E-state index contributed by atoms with van der Waals surface area (Å²) in [5.41, 5.74) is -9.71. The molecule has 0 saturated carbocycles. The molecular formula is C18H11BrF8N2O3S. The molecule has 33 heavy (non-hydrogen) atoms. The Bertz CT molecular complexity index is 1080. The number of nitrogens with one attached hydrogen (secondary N) is 1. The summed E-state index contributed by atoms with van der Waals surface area (Å²) in [6.45, 7) is 1.48. The van der Waals surface area contributed by atoms with E-state index in [1.54, 1.807) is 0 Å². The standard InChI is InChI=1S/C18H11BrF8N2O3S/c1-2-33-12-7-8(16(21,17(22,23)24)18(25,26)27)6-10(19)14(12)28-15(30)9-4-3-5-11(13(9)20)29(31)32/h3-7H,2H2,1H3,(H,28,30). The zero-order valence-corrected chi connectivity index (χ0v) is 18.5. The molecule has 0 unspecified atom stereocenters. The van der Waals surface area contributed by atoms with Crippen LogP contribution in [0, 0.1) is 15.9 Å². The van der Waals surface area contributed by atoms with Crippen LogP contribution in [0.3, 0.4) is 0 Å². The summed E-state index contributed by atoms with van der Waals surface area (Å²) < 4.78 is 107. The second-order valence-corrected chi connectivity index (χ2v) is 8.43. The van der Waals surface area contributed by atoms with Crippen LogP contribution in [-0.4, -0.2) is 28.9 Å². The van der Waals surface area contributed by atoms with Crippen LogP contribution >= 0.6 is 27.7 Å². The number of amides is 1. The summed E-state index contributed by atoms with van der Waals surface area (Å²) in [5, 5.41) is 12.9. The number of nitrogens with zero attached hydrogens (tertiary/aromatic N) is 1. The van der Waals surface area contributed by atoms with Crippen molar-refractivity contribution in [3.8, 4) is 0 Å². The fourth-order valence-corrected chi connectivity index (χ4v) is 4.19. The van der Waals surface area contributed by atoms with Gasteiger partial charge < -0.3 is 5.32 Å². The highest BCUT2D eigenvalue weighted by Gasteiger charge is 2.73. The van der Waals surface area contributed by atoms with Crippen molar-refractivity contribution in [3.05, 3.63) is 61.9 Å². The molecule has 0 aliphatic heterocycles. The quantitative estimate of drug-likeness (QED) is 0.174. The first-order chi connectivity index (χ1) is 15.1. The van der Waals surface area contributed by atoms with Crippen molar-refractivity contribution in [1.29, 1.82) is 0 Å². The smallest absolute Gasteiger partial charge is 0.320 e. The van der Waals surface area contributed by atoms with E-state index in [9.17, 15) is 50.0 Å². The molecule has 1 amide bonds. The van der Waals surface area contributed by atoms with Crippen LogP contribution in [0.15, 0.2) is 39.7 Å². The Morgan fingerprint density at radius 2 is 1.70 bits per heavy atom. The van der Waals surface area contributed by atoms with Gasteiger partial charge in [0, 0.05) is 21.0 Å². The molecule has 0 aliphatic carbocycles. The van der Waals surface area contributed by atoms with Crippen molar-refractivity contribution in [2.45, 2.75) is 29.8 Å². The van der Waals surface area contributed by atoms with Gasteiger partial charge >= 0.3 is 23.7 Å². The fourth-order valence-electron chi connectivity index (χ4n) is 2.68. The Morgan fingerprint density at radius 3 is 2.18 bits per heavy atom. The number of rotatable bonds is 6. The highest BCUT2D eigenvalue weighted by Crippen LogP contribution is 2.54. The summed E-state index contributed by atoms with van der Waals surface area (Å²) in [6, 6.07) is 3.14. The number of nitro benzene ring substituents is 1. The van der Waals surface area contributed by atoms with Gasteiger partial charge in [-0.3, -0.25) is 14.9 Å². The van der Waals surface area contributed by atoms with Crippen LogP contribution in [-0.2, 0) is 5.67 Å². The first-order valence-corrected chi connectivity index (χ1v) is 10.4. The maximum absolute atomic E-state index is 14.5. The molecule has 0 bridgehead atoms. The van der Waals surface area contributed by atoms with Crippen molar-refractivity contribution in [3.63, 3.8) is 0 Å². The van der Waals surface area contributed by atoms with Gasteiger partial charge in [0.2, 0.25) is 5.82 Å². The van der Waals surface area contributed by atoms with Gasteiger partial charge in [0.25, 0.3) is 5.91 Å². The largest absolute Gasteiger partial charge is 0.435 e. The average molecular weight is 567 g/mol. The average Bonchev–Trinajstić information content (AvgIpc) is 2.67. The lowest BCUT2D eigenvalue weighted by molar-refractivity contribution is -0.387. The van der Waals surface area contributed by atoms with E-state index in [-0.39, 0.29) is 23.6 Å². The summed E-state index contributed by atoms with van der Waals surface area (Å²) in [7, 11) is 0. The summed E-state index contributed by atoms with van der Waals surface area (Å²) in [5.74, 6) is -2.70. The first-order valence-electron chi connectivity index (χ1n) is 8.59. The van der Waals surface area contributed by atoms with E-state index in [2.05, 4.69) is 21.2 Å². The molecular weight excluding hydrogens is 556 g/mol. The first kappa shape index (κ1) is 26.8. The number of hydrogen-bond acceptors (Lipinski definition) is 4. The van der Waals surface area contributed by atoms with Gasteiger partial charge in [0.15, 0.2) is 0 Å². The summed E-state index contributed by atoms with van der Waals surface area (Å²) >= 11 is 3.39. The molecule has 0 aromatic heterocycles. The molecule has 0 aliphatic rings. The Morgan fingerprint density at radius 1 is 1.12 bits per heavy atom. The van der Waals surface area contributed by atoms with Gasteiger partial charge in [-0.15, -0.1) is 11.8 Å². The molecule has 0 atom stereocenters. The molecule has 2 rings (SSSR count). The van der Waals surface area contributed by atoms with E-state index in [1.165, 1.54) is 6.92 Å². The van der Waals surface area contributed by atoms with E-state index >= 15 is 0 Å². The lowest BCUT2D eigenvalue weighted by atomic mass is 9.94. The number of anilines is 1. The molecule has 0 spiro atoms. The molecule has 0 radical (unpaired) electrons. The fraction of sp³-hybridized carbons (Fsp3) is 0.278. The van der Waals surface area contributed by atoms with Gasteiger partial charge in [-0.1, -0.05) is 13.0 Å². The summed E-state index contributed by atoms with van der Waals surface area (Å²) in [6.07, 6.45) is -12.7. The van der Waals surface area contributed by atoms with E-state index in [1.807, 2.05) is 0 Å². The molecule has 0 heterocycles. The lowest BCUT2D eigenvalue weighted by Crippen LogP contribution is -2.50. The Hall–Kier alpha value is -2.42. The molecule has 180 valence electrons. The van der Waals surface area contributed by atoms with Crippen LogP contribution in [0.25, 0.3) is 0 Å². The second-order valence-electron chi connectivity index (χ2n) is 6.27.